The number of aromatic nitrogens is 3. The zero-order valence-corrected chi connectivity index (χ0v) is 14.1. The lowest BCUT2D eigenvalue weighted by Crippen LogP contribution is -2.50. The van der Waals surface area contributed by atoms with Gasteiger partial charge in [0.2, 0.25) is 0 Å². The third kappa shape index (κ3) is 2.55. The smallest absolute Gasteiger partial charge is 0.272 e. The SMILES string of the molecule is CN1C(=O)c2cccn2CC1CNC(=O)c1n[nH]c(=O)c2ccccc12. The summed E-state index contributed by atoms with van der Waals surface area (Å²) in [5.74, 6) is -0.468. The molecular formula is C18H17N5O3. The van der Waals surface area contributed by atoms with E-state index in [1.807, 2.05) is 16.8 Å². The first-order valence-corrected chi connectivity index (χ1v) is 8.24. The lowest BCUT2D eigenvalue weighted by molar-refractivity contribution is 0.0645. The molecule has 0 fully saturated rings. The predicted molar refractivity (Wildman–Crippen MR) is 95.0 cm³/mol. The summed E-state index contributed by atoms with van der Waals surface area (Å²) < 4.78 is 1.88. The Hall–Kier alpha value is -3.42. The highest BCUT2D eigenvalue weighted by molar-refractivity contribution is 6.04. The summed E-state index contributed by atoms with van der Waals surface area (Å²) in [6.45, 7) is 0.887. The van der Waals surface area contributed by atoms with Gasteiger partial charge >= 0.3 is 0 Å². The van der Waals surface area contributed by atoms with Gasteiger partial charge in [-0.3, -0.25) is 14.4 Å². The number of fused-ring (bicyclic) bond motifs is 2. The first-order valence-electron chi connectivity index (χ1n) is 8.24. The van der Waals surface area contributed by atoms with Crippen LogP contribution < -0.4 is 10.9 Å². The second-order valence-corrected chi connectivity index (χ2v) is 6.27. The number of nitrogens with zero attached hydrogens (tertiary/aromatic N) is 3. The number of rotatable bonds is 3. The van der Waals surface area contributed by atoms with Gasteiger partial charge in [0.1, 0.15) is 5.69 Å². The molecule has 1 aromatic carbocycles. The van der Waals surface area contributed by atoms with Crippen molar-refractivity contribution in [3.05, 3.63) is 64.3 Å². The number of carbonyl (C=O) groups excluding carboxylic acids is 2. The number of likely N-dealkylation sites (N-methyl/N-ethyl adjacent to an activating group) is 1. The Balaban J connectivity index is 1.54. The Morgan fingerprint density at radius 1 is 1.23 bits per heavy atom. The quantitative estimate of drug-likeness (QED) is 0.722. The van der Waals surface area contributed by atoms with E-state index >= 15 is 0 Å². The monoisotopic (exact) mass is 351 g/mol. The van der Waals surface area contributed by atoms with Gasteiger partial charge in [0.15, 0.2) is 5.69 Å². The number of hydrogen-bond donors (Lipinski definition) is 2. The first kappa shape index (κ1) is 16.1. The zero-order valence-electron chi connectivity index (χ0n) is 14.1. The van der Waals surface area contributed by atoms with Crippen LogP contribution in [-0.2, 0) is 6.54 Å². The van der Waals surface area contributed by atoms with Gasteiger partial charge in [-0.05, 0) is 18.2 Å². The number of benzene rings is 1. The first-order chi connectivity index (χ1) is 12.6. The highest BCUT2D eigenvalue weighted by atomic mass is 16.2. The molecule has 0 saturated carbocycles. The average Bonchev–Trinajstić information content (AvgIpc) is 3.12. The van der Waals surface area contributed by atoms with E-state index in [2.05, 4.69) is 15.5 Å². The van der Waals surface area contributed by atoms with Crippen molar-refractivity contribution in [2.75, 3.05) is 13.6 Å². The molecule has 3 heterocycles. The van der Waals surface area contributed by atoms with E-state index in [1.54, 1.807) is 42.3 Å². The van der Waals surface area contributed by atoms with Crippen molar-refractivity contribution in [1.82, 2.24) is 25.0 Å². The number of nitrogens with one attached hydrogen (secondary N) is 2. The number of aromatic amines is 1. The van der Waals surface area contributed by atoms with Crippen molar-refractivity contribution in [3.63, 3.8) is 0 Å². The summed E-state index contributed by atoms with van der Waals surface area (Å²) in [7, 11) is 1.73. The fourth-order valence-corrected chi connectivity index (χ4v) is 3.25. The van der Waals surface area contributed by atoms with Crippen LogP contribution in [0.4, 0.5) is 0 Å². The molecule has 2 aromatic heterocycles. The van der Waals surface area contributed by atoms with Crippen molar-refractivity contribution >= 4 is 22.6 Å². The van der Waals surface area contributed by atoms with Gasteiger partial charge in [0, 0.05) is 31.7 Å². The molecule has 0 spiro atoms. The van der Waals surface area contributed by atoms with Crippen molar-refractivity contribution in [2.24, 2.45) is 0 Å². The summed E-state index contributed by atoms with van der Waals surface area (Å²) in [5.41, 5.74) is 0.463. The van der Waals surface area contributed by atoms with Crippen LogP contribution >= 0.6 is 0 Å². The summed E-state index contributed by atoms with van der Waals surface area (Å²) in [6.07, 6.45) is 1.85. The molecule has 0 aliphatic carbocycles. The summed E-state index contributed by atoms with van der Waals surface area (Å²) in [4.78, 5) is 38.4. The molecule has 3 aromatic rings. The van der Waals surface area contributed by atoms with E-state index in [4.69, 9.17) is 0 Å². The fourth-order valence-electron chi connectivity index (χ4n) is 3.25. The Morgan fingerprint density at radius 3 is 2.81 bits per heavy atom. The number of amides is 2. The highest BCUT2D eigenvalue weighted by Crippen LogP contribution is 2.17. The van der Waals surface area contributed by atoms with Crippen LogP contribution in [0.15, 0.2) is 47.4 Å². The molecule has 1 aliphatic heterocycles. The van der Waals surface area contributed by atoms with Crippen LogP contribution in [0.2, 0.25) is 0 Å². The molecule has 8 heteroatoms. The maximum absolute atomic E-state index is 12.6. The topological polar surface area (TPSA) is 100 Å². The molecule has 1 unspecified atom stereocenters. The lowest BCUT2D eigenvalue weighted by Gasteiger charge is -2.33. The molecular weight excluding hydrogens is 334 g/mol. The molecule has 4 rings (SSSR count). The Labute approximate surface area is 148 Å². The third-order valence-corrected chi connectivity index (χ3v) is 4.73. The second kappa shape index (κ2) is 6.14. The number of carbonyl (C=O) groups is 2. The maximum Gasteiger partial charge on any atom is 0.272 e. The molecule has 132 valence electrons. The van der Waals surface area contributed by atoms with Gasteiger partial charge in [-0.25, -0.2) is 5.10 Å². The zero-order chi connectivity index (χ0) is 18.3. The minimum Gasteiger partial charge on any atom is -0.348 e. The standard InChI is InChI=1S/C18H17N5O3/c1-22-11(10-23-8-4-7-14(23)18(22)26)9-19-17(25)15-12-5-2-3-6-13(12)16(24)21-20-15/h2-8,11H,9-10H2,1H3,(H,19,25)(H,21,24). The molecule has 8 nitrogen and oxygen atoms in total. The summed E-state index contributed by atoms with van der Waals surface area (Å²) in [5, 5.41) is 9.98. The van der Waals surface area contributed by atoms with Gasteiger partial charge in [-0.2, -0.15) is 5.10 Å². The summed E-state index contributed by atoms with van der Waals surface area (Å²) in [6, 6.07) is 10.3. The van der Waals surface area contributed by atoms with Crippen LogP contribution in [0.3, 0.4) is 0 Å². The minimum atomic E-state index is -0.392. The van der Waals surface area contributed by atoms with Crippen molar-refractivity contribution in [3.8, 4) is 0 Å². The Kier molecular flexibility index (Phi) is 3.80. The van der Waals surface area contributed by atoms with E-state index in [9.17, 15) is 14.4 Å². The fraction of sp³-hybridized carbons (Fsp3) is 0.222. The molecule has 0 saturated heterocycles. The van der Waals surface area contributed by atoms with E-state index in [0.717, 1.165) is 0 Å². The highest BCUT2D eigenvalue weighted by Gasteiger charge is 2.29. The van der Waals surface area contributed by atoms with E-state index in [0.29, 0.717) is 23.0 Å². The van der Waals surface area contributed by atoms with Gasteiger partial charge in [-0.15, -0.1) is 0 Å². The van der Waals surface area contributed by atoms with E-state index in [-0.39, 0.29) is 29.7 Å². The molecule has 2 N–H and O–H groups in total. The van der Waals surface area contributed by atoms with Crippen LogP contribution in [0, 0.1) is 0 Å². The number of hydrogen-bond acceptors (Lipinski definition) is 4. The van der Waals surface area contributed by atoms with Crippen LogP contribution in [0.25, 0.3) is 10.8 Å². The largest absolute Gasteiger partial charge is 0.348 e. The molecule has 2 amide bonds. The van der Waals surface area contributed by atoms with Crippen molar-refractivity contribution in [2.45, 2.75) is 12.6 Å². The van der Waals surface area contributed by atoms with Crippen LogP contribution in [0.1, 0.15) is 21.0 Å². The number of H-pyrrole nitrogens is 1. The average molecular weight is 351 g/mol. The van der Waals surface area contributed by atoms with Crippen molar-refractivity contribution < 1.29 is 9.59 Å². The molecule has 1 atom stereocenters. The van der Waals surface area contributed by atoms with E-state index < -0.39 is 5.91 Å². The minimum absolute atomic E-state index is 0.0758. The normalized spacial score (nSPS) is 16.6. The van der Waals surface area contributed by atoms with Gasteiger partial charge in [0.25, 0.3) is 17.4 Å². The lowest BCUT2D eigenvalue weighted by atomic mass is 10.1. The molecule has 26 heavy (non-hydrogen) atoms. The van der Waals surface area contributed by atoms with Gasteiger partial charge in [-0.1, -0.05) is 18.2 Å². The Morgan fingerprint density at radius 2 is 2.00 bits per heavy atom. The van der Waals surface area contributed by atoms with Gasteiger partial charge in [0.05, 0.1) is 11.4 Å². The molecule has 0 radical (unpaired) electrons. The third-order valence-electron chi connectivity index (χ3n) is 4.73. The second-order valence-electron chi connectivity index (χ2n) is 6.27. The molecule has 1 aliphatic rings. The summed E-state index contributed by atoms with van der Waals surface area (Å²) >= 11 is 0. The van der Waals surface area contributed by atoms with Crippen molar-refractivity contribution in [1.29, 1.82) is 0 Å². The van der Waals surface area contributed by atoms with Crippen LogP contribution in [-0.4, -0.2) is 51.1 Å². The predicted octanol–water partition coefficient (Wildman–Crippen LogP) is 0.609. The Bertz CT molecular complexity index is 1070. The van der Waals surface area contributed by atoms with Gasteiger partial charge < -0.3 is 14.8 Å². The maximum atomic E-state index is 12.6. The van der Waals surface area contributed by atoms with E-state index in [1.165, 1.54) is 0 Å². The molecule has 0 bridgehead atoms. The van der Waals surface area contributed by atoms with Crippen LogP contribution in [0.5, 0.6) is 0 Å².